The van der Waals surface area contributed by atoms with Gasteiger partial charge < -0.3 is 74.6 Å². The highest BCUT2D eigenvalue weighted by Crippen LogP contribution is 2.30. The van der Waals surface area contributed by atoms with Gasteiger partial charge in [0.15, 0.2) is 12.2 Å². The Hall–Kier alpha value is -9.61. The minimum absolute atomic E-state index is 0.0796. The van der Waals surface area contributed by atoms with Crippen LogP contribution in [-0.4, -0.2) is 140 Å². The van der Waals surface area contributed by atoms with Gasteiger partial charge in [-0.05, 0) is 152 Å². The molecule has 7 N–H and O–H groups in total. The molecule has 610 valence electrons. The van der Waals surface area contributed by atoms with Gasteiger partial charge in [0.1, 0.15) is 11.2 Å². The molecule has 35 heteroatoms. The lowest BCUT2D eigenvalue weighted by molar-refractivity contribution is -0.180. The highest BCUT2D eigenvalue weighted by molar-refractivity contribution is 9.11. The van der Waals surface area contributed by atoms with Crippen molar-refractivity contribution in [2.75, 3.05) is 0 Å². The van der Waals surface area contributed by atoms with Crippen LogP contribution in [0.3, 0.4) is 0 Å². The van der Waals surface area contributed by atoms with E-state index in [1.165, 1.54) is 32.5 Å². The van der Waals surface area contributed by atoms with Crippen molar-refractivity contribution in [2.24, 2.45) is 0 Å². The number of aliphatic carboxylic acids is 1. The number of hydrogen-bond acceptors (Lipinski definition) is 25. The molecule has 8 aromatic rings. The van der Waals surface area contributed by atoms with Gasteiger partial charge in [0, 0.05) is 109 Å². The highest BCUT2D eigenvalue weighted by atomic mass is 79.9. The predicted molar refractivity (Wildman–Crippen MR) is 431 cm³/mol. The predicted octanol–water partition coefficient (Wildman–Crippen LogP) is 12.9. The second-order valence-corrected chi connectivity index (χ2v) is 34.3. The number of carboxylic acid groups (broad SMARTS) is 1. The summed E-state index contributed by atoms with van der Waals surface area (Å²) in [6, 6.07) is 46.1. The number of esters is 6. The molecule has 0 saturated carbocycles. The van der Waals surface area contributed by atoms with Crippen molar-refractivity contribution in [3.63, 3.8) is 0 Å². The standard InChI is InChI=1S/C24H23ClN2O4S.C20H20ClNO7S.C17H20ClNO2S.C10H14BrNO2S.C8H8O7/c25-20-8-4-3-5-15(20)11-18-9-10-19(32-18)12-26-23(30)21(28)22(29)24(31)27-13-16-6-1-2-7-17(16)14-27;1-11(23)28-17(18(20(26)27)29-12(2)24)19(25)22-10-15-8-7-14(30-15)9-13-5-3-4-6-16(13)21;1-17(2,3)21-16(20)19-11-14-9-8-13(22-14)10-12-6-4-5-7-15(12)18;1-10(2,3)14-9(13)12-6-7-4-5-8(11)15-7;1-3(9)13-5-6(14-4(2)10)8(12)15-7(5)11/h1-10,21-22,28-29H,11-14H2,(H,26,30);3-8,17-18H,9-10H2,1-2H3,(H,22,25)(H,26,27);4-9H,10-11H2,1-3H3,(H,19,20);4-5H,6H2,1-3H3,(H,12,13);5-6H,1-2H3/t21-,22-;17-,18-;;;5-,6-/m11..1/s1. The molecule has 1 fully saturated rings. The first-order valence-corrected chi connectivity index (χ1v) is 40.0. The van der Waals surface area contributed by atoms with Gasteiger partial charge in [-0.15, -0.1) is 45.3 Å². The van der Waals surface area contributed by atoms with Crippen LogP contribution >= 0.6 is 96.1 Å². The number of nitrogens with one attached hydrogen (secondary N) is 4. The van der Waals surface area contributed by atoms with Crippen molar-refractivity contribution in [2.45, 2.75) is 176 Å². The fraction of sp³-hybridized carbons (Fsp3) is 0.342. The third-order valence-corrected chi connectivity index (χ3v) is 21.1. The van der Waals surface area contributed by atoms with Crippen molar-refractivity contribution < 1.29 is 106 Å². The molecule has 6 atom stereocenters. The molecule has 5 amide bonds. The SMILES string of the molecule is CC(=O)O[C@@H](C(=O)O)[C@@H](OC(C)=O)C(=O)NCc1ccc(Cc2ccccc2Cl)s1.CC(=O)O[C@H]1C(=O)OC(=O)[C@@H]1OC(C)=O.CC(C)(C)OC(=O)NCc1ccc(Br)s1.CC(C)(C)OC(=O)NCc1ccc(Cc2ccccc2Cl)s1.O=C(NCc1ccc(Cc2ccccc2Cl)s1)[C@H](O)[C@@H](O)C(=O)N1Cc2ccccc2C1. The van der Waals surface area contributed by atoms with E-state index in [0.717, 1.165) is 100 Å². The summed E-state index contributed by atoms with van der Waals surface area (Å²) >= 11 is 28.2. The van der Waals surface area contributed by atoms with E-state index in [2.05, 4.69) is 62.2 Å². The number of aliphatic hydroxyl groups is 2. The van der Waals surface area contributed by atoms with Crippen LogP contribution < -0.4 is 21.3 Å². The van der Waals surface area contributed by atoms with Crippen molar-refractivity contribution in [3.05, 3.63) is 226 Å². The summed E-state index contributed by atoms with van der Waals surface area (Å²) in [6.07, 6.45) is -9.09. The highest BCUT2D eigenvalue weighted by Gasteiger charge is 2.49. The first-order valence-electron chi connectivity index (χ1n) is 34.8. The Morgan fingerprint density at radius 1 is 0.465 bits per heavy atom. The number of carboxylic acids is 1. The number of aliphatic hydroxyl groups excluding tert-OH is 2. The third kappa shape index (κ3) is 32.3. The molecule has 2 aliphatic heterocycles. The van der Waals surface area contributed by atoms with E-state index in [-0.39, 0.29) is 19.2 Å². The van der Waals surface area contributed by atoms with E-state index in [1.54, 1.807) is 22.7 Å². The Labute approximate surface area is 696 Å². The van der Waals surface area contributed by atoms with Crippen LogP contribution in [-0.2, 0) is 140 Å². The minimum atomic E-state index is -1.95. The van der Waals surface area contributed by atoms with Crippen LogP contribution in [0.4, 0.5) is 9.59 Å². The van der Waals surface area contributed by atoms with Crippen LogP contribution in [0.5, 0.6) is 0 Å². The molecule has 10 rings (SSSR count). The van der Waals surface area contributed by atoms with Crippen molar-refractivity contribution >= 4 is 168 Å². The van der Waals surface area contributed by atoms with Crippen LogP contribution in [0, 0.1) is 0 Å². The maximum atomic E-state index is 12.6. The maximum absolute atomic E-state index is 12.6. The number of alkyl carbamates (subject to hydrolysis) is 2. The lowest BCUT2D eigenvalue weighted by atomic mass is 10.1. The number of amides is 5. The van der Waals surface area contributed by atoms with E-state index in [9.17, 15) is 72.9 Å². The lowest BCUT2D eigenvalue weighted by Gasteiger charge is -2.22. The van der Waals surface area contributed by atoms with Gasteiger partial charge in [0.2, 0.25) is 24.4 Å². The molecule has 4 aromatic heterocycles. The zero-order chi connectivity index (χ0) is 84.1. The summed E-state index contributed by atoms with van der Waals surface area (Å²) in [5.74, 6) is -9.38. The summed E-state index contributed by atoms with van der Waals surface area (Å²) in [7, 11) is 0. The molecule has 0 bridgehead atoms. The monoisotopic (exact) mass is 1770 g/mol. The quantitative estimate of drug-likeness (QED) is 0.0168. The van der Waals surface area contributed by atoms with Crippen LogP contribution in [0.15, 0.2) is 149 Å². The summed E-state index contributed by atoms with van der Waals surface area (Å²) in [5.41, 5.74) is 4.17. The Kier molecular flexibility index (Phi) is 36.7. The van der Waals surface area contributed by atoms with Crippen molar-refractivity contribution in [1.82, 2.24) is 26.2 Å². The number of hydrogen-bond donors (Lipinski definition) is 7. The smallest absolute Gasteiger partial charge is 0.407 e. The van der Waals surface area contributed by atoms with E-state index in [4.69, 9.17) is 49.0 Å². The first-order chi connectivity index (χ1) is 53.7. The molecule has 0 spiro atoms. The Balaban J connectivity index is 0.000000229. The second-order valence-electron chi connectivity index (χ2n) is 26.8. The van der Waals surface area contributed by atoms with Gasteiger partial charge in [-0.1, -0.05) is 114 Å². The second kappa shape index (κ2) is 44.9. The average Bonchev–Trinajstić information content (AvgIpc) is 1.65. The number of nitrogens with zero attached hydrogens (tertiary/aromatic N) is 1. The normalized spacial score (nSPS) is 14.3. The number of carbonyl (C=O) groups excluding carboxylic acids is 11. The van der Waals surface area contributed by atoms with E-state index in [0.29, 0.717) is 49.1 Å². The van der Waals surface area contributed by atoms with Crippen LogP contribution in [0.25, 0.3) is 0 Å². The third-order valence-electron chi connectivity index (χ3n) is 15.1. The van der Waals surface area contributed by atoms with Crippen LogP contribution in [0.1, 0.15) is 131 Å². The Morgan fingerprint density at radius 3 is 1.14 bits per heavy atom. The molecule has 0 unspecified atom stereocenters. The summed E-state index contributed by atoms with van der Waals surface area (Å²) in [6.45, 7) is 17.1. The largest absolute Gasteiger partial charge is 0.478 e. The van der Waals surface area contributed by atoms with Gasteiger partial charge in [0.05, 0.1) is 30.0 Å². The number of halogens is 4. The average molecular weight is 1770 g/mol. The molecule has 0 radical (unpaired) electrons. The molecule has 0 aliphatic carbocycles. The molecular formula is C79H85BrCl3N5O22S4. The number of fused-ring (bicyclic) bond motifs is 1. The van der Waals surface area contributed by atoms with Gasteiger partial charge in [-0.25, -0.2) is 24.0 Å². The zero-order valence-electron chi connectivity index (χ0n) is 63.4. The van der Waals surface area contributed by atoms with Crippen molar-refractivity contribution in [1.29, 1.82) is 0 Å². The van der Waals surface area contributed by atoms with Gasteiger partial charge >= 0.3 is 54.0 Å². The van der Waals surface area contributed by atoms with Crippen LogP contribution in [0.2, 0.25) is 15.1 Å². The number of cyclic esters (lactones) is 2. The van der Waals surface area contributed by atoms with Crippen molar-refractivity contribution in [3.8, 4) is 0 Å². The zero-order valence-corrected chi connectivity index (χ0v) is 70.5. The molecule has 4 aromatic carbocycles. The number of ether oxygens (including phenoxy) is 7. The molecule has 114 heavy (non-hydrogen) atoms. The number of carbonyl (C=O) groups is 12. The van der Waals surface area contributed by atoms with E-state index in [1.807, 2.05) is 181 Å². The summed E-state index contributed by atoms with van der Waals surface area (Å²) < 4.78 is 34.0. The fourth-order valence-corrected chi connectivity index (χ4v) is 15.1. The van der Waals surface area contributed by atoms with Gasteiger partial charge in [0.25, 0.3) is 17.7 Å². The maximum Gasteiger partial charge on any atom is 0.407 e. The Bertz CT molecular complexity index is 4630. The fourth-order valence-electron chi connectivity index (χ4n) is 10.1. The summed E-state index contributed by atoms with van der Waals surface area (Å²) in [5, 5.41) is 42.5. The molecule has 27 nitrogen and oxygen atoms in total. The molecule has 1 saturated heterocycles. The molecule has 2 aliphatic rings. The first kappa shape index (κ1) is 93.3. The topological polar surface area (TPSA) is 381 Å². The summed E-state index contributed by atoms with van der Waals surface area (Å²) in [4.78, 5) is 146. The van der Waals surface area contributed by atoms with Gasteiger partial charge in [-0.3, -0.25) is 33.6 Å². The van der Waals surface area contributed by atoms with E-state index < -0.39 is 113 Å². The lowest BCUT2D eigenvalue weighted by Crippen LogP contribution is -2.49. The number of rotatable bonds is 24. The molecule has 6 heterocycles. The number of benzene rings is 4. The van der Waals surface area contributed by atoms with E-state index >= 15 is 0 Å². The molecular weight excluding hydrogens is 1690 g/mol. The number of thiophene rings is 4. The Morgan fingerprint density at radius 2 is 0.798 bits per heavy atom. The minimum Gasteiger partial charge on any atom is -0.478 e. The van der Waals surface area contributed by atoms with Gasteiger partial charge in [-0.2, -0.15) is 0 Å².